The minimum atomic E-state index is -0.416. The van der Waals surface area contributed by atoms with Gasteiger partial charge < -0.3 is 9.47 Å². The number of thioether (sulfide) groups is 2. The second kappa shape index (κ2) is 9.05. The average Bonchev–Trinajstić information content (AvgIpc) is 3.07. The first-order valence-corrected chi connectivity index (χ1v) is 11.0. The van der Waals surface area contributed by atoms with Crippen LogP contribution >= 0.6 is 23.5 Å². The van der Waals surface area contributed by atoms with E-state index in [0.717, 1.165) is 12.1 Å². The van der Waals surface area contributed by atoms with Crippen molar-refractivity contribution in [2.24, 2.45) is 0 Å². The van der Waals surface area contributed by atoms with E-state index in [1.807, 2.05) is 31.2 Å². The van der Waals surface area contributed by atoms with E-state index in [0.29, 0.717) is 39.8 Å². The summed E-state index contributed by atoms with van der Waals surface area (Å²) in [5, 5.41) is 0.413. The molecule has 1 aromatic heterocycles. The summed E-state index contributed by atoms with van der Waals surface area (Å²) in [6.07, 6.45) is 1.34. The monoisotopic (exact) mass is 420 g/mol. The van der Waals surface area contributed by atoms with E-state index in [-0.39, 0.29) is 11.5 Å². The fourth-order valence-corrected chi connectivity index (χ4v) is 5.14. The topological polar surface area (TPSA) is 70.4 Å². The van der Waals surface area contributed by atoms with Crippen LogP contribution in [0.15, 0.2) is 39.1 Å². The van der Waals surface area contributed by atoms with Gasteiger partial charge in [0, 0.05) is 11.7 Å². The van der Waals surface area contributed by atoms with Crippen molar-refractivity contribution < 1.29 is 14.3 Å². The number of hydrogen-bond acceptors (Lipinski definition) is 7. The molecule has 1 aromatic carbocycles. The van der Waals surface area contributed by atoms with Gasteiger partial charge in [-0.2, -0.15) is 0 Å². The van der Waals surface area contributed by atoms with Crippen molar-refractivity contribution in [3.63, 3.8) is 0 Å². The zero-order chi connectivity index (χ0) is 20.3. The second-order valence-electron chi connectivity index (χ2n) is 6.41. The van der Waals surface area contributed by atoms with E-state index >= 15 is 0 Å². The first-order chi connectivity index (χ1) is 13.5. The van der Waals surface area contributed by atoms with Crippen molar-refractivity contribution in [3.8, 4) is 11.4 Å². The highest BCUT2D eigenvalue weighted by Crippen LogP contribution is 2.36. The summed E-state index contributed by atoms with van der Waals surface area (Å²) in [7, 11) is 1.60. The molecule has 1 aliphatic heterocycles. The molecule has 150 valence electrons. The second-order valence-corrected chi connectivity index (χ2v) is 9.03. The largest absolute Gasteiger partial charge is 0.497 e. The molecule has 0 unspecified atom stereocenters. The molecule has 0 saturated carbocycles. The summed E-state index contributed by atoms with van der Waals surface area (Å²) < 4.78 is 12.0. The van der Waals surface area contributed by atoms with Crippen LogP contribution in [0.5, 0.6) is 5.75 Å². The number of esters is 1. The Morgan fingerprint density at radius 1 is 1.36 bits per heavy atom. The van der Waals surface area contributed by atoms with Gasteiger partial charge in [0.15, 0.2) is 5.16 Å². The van der Waals surface area contributed by atoms with Gasteiger partial charge in [0.25, 0.3) is 5.56 Å². The summed E-state index contributed by atoms with van der Waals surface area (Å²) in [4.78, 5) is 31.1. The Labute approximate surface area is 173 Å². The number of fused-ring (bicyclic) bond motifs is 1. The van der Waals surface area contributed by atoms with E-state index in [2.05, 4.69) is 6.92 Å². The standard InChI is InChI=1S/C20H24N2O4S2/c1-5-16(19(24)26-6-2)28-20-21-15-11-12(3)27-17(15)18(23)22(20)13-7-9-14(25-4)10-8-13/h7-10,12,16H,5-6,11H2,1-4H3/t12-,16-/m1/s1. The van der Waals surface area contributed by atoms with Crippen LogP contribution in [0, 0.1) is 0 Å². The summed E-state index contributed by atoms with van der Waals surface area (Å²) in [5.41, 5.74) is 1.42. The summed E-state index contributed by atoms with van der Waals surface area (Å²) in [6.45, 7) is 6.13. The quantitative estimate of drug-likeness (QED) is 0.384. The Hall–Kier alpha value is -1.93. The van der Waals surface area contributed by atoms with Gasteiger partial charge >= 0.3 is 5.97 Å². The van der Waals surface area contributed by atoms with Crippen LogP contribution in [-0.2, 0) is 16.0 Å². The molecule has 0 N–H and O–H groups in total. The van der Waals surface area contributed by atoms with E-state index in [1.54, 1.807) is 30.4 Å². The molecular formula is C20H24N2O4S2. The van der Waals surface area contributed by atoms with Crippen molar-refractivity contribution in [1.82, 2.24) is 9.55 Å². The van der Waals surface area contributed by atoms with Gasteiger partial charge in [-0.1, -0.05) is 25.6 Å². The maximum atomic E-state index is 13.3. The van der Waals surface area contributed by atoms with E-state index in [9.17, 15) is 9.59 Å². The van der Waals surface area contributed by atoms with Crippen molar-refractivity contribution in [2.45, 2.75) is 54.2 Å². The minimum Gasteiger partial charge on any atom is -0.497 e. The molecule has 0 amide bonds. The molecule has 0 spiro atoms. The lowest BCUT2D eigenvalue weighted by Crippen LogP contribution is -2.26. The molecule has 0 saturated heterocycles. The van der Waals surface area contributed by atoms with Crippen LogP contribution in [0.2, 0.25) is 0 Å². The normalized spacial score (nSPS) is 16.5. The lowest BCUT2D eigenvalue weighted by atomic mass is 10.2. The van der Waals surface area contributed by atoms with E-state index in [4.69, 9.17) is 14.5 Å². The first-order valence-electron chi connectivity index (χ1n) is 9.28. The van der Waals surface area contributed by atoms with Crippen LogP contribution in [-0.4, -0.2) is 39.7 Å². The molecular weight excluding hydrogens is 396 g/mol. The SMILES string of the molecule is CCOC(=O)[C@@H](CC)Sc1nc2c(c(=O)n1-c1ccc(OC)cc1)S[C@H](C)C2. The Balaban J connectivity index is 2.09. The highest BCUT2D eigenvalue weighted by atomic mass is 32.2. The molecule has 0 aliphatic carbocycles. The number of carbonyl (C=O) groups is 1. The lowest BCUT2D eigenvalue weighted by molar-refractivity contribution is -0.142. The molecule has 0 fully saturated rings. The fourth-order valence-electron chi connectivity index (χ4n) is 3.00. The van der Waals surface area contributed by atoms with Crippen LogP contribution in [0.25, 0.3) is 5.69 Å². The predicted octanol–water partition coefficient (Wildman–Crippen LogP) is 3.71. The van der Waals surface area contributed by atoms with E-state index < -0.39 is 5.25 Å². The van der Waals surface area contributed by atoms with Crippen molar-refractivity contribution in [3.05, 3.63) is 40.3 Å². The van der Waals surface area contributed by atoms with Crippen LogP contribution in [0.3, 0.4) is 0 Å². The maximum Gasteiger partial charge on any atom is 0.319 e. The molecule has 28 heavy (non-hydrogen) atoms. The van der Waals surface area contributed by atoms with Crippen molar-refractivity contribution >= 4 is 29.5 Å². The zero-order valence-electron chi connectivity index (χ0n) is 16.4. The molecule has 0 radical (unpaired) electrons. The molecule has 2 atom stereocenters. The first kappa shape index (κ1) is 20.8. The number of nitrogens with zero attached hydrogens (tertiary/aromatic N) is 2. The Morgan fingerprint density at radius 3 is 2.68 bits per heavy atom. The van der Waals surface area contributed by atoms with Gasteiger partial charge in [-0.15, -0.1) is 11.8 Å². The maximum absolute atomic E-state index is 13.3. The number of rotatable bonds is 7. The Morgan fingerprint density at radius 2 is 2.07 bits per heavy atom. The number of carbonyl (C=O) groups excluding carboxylic acids is 1. The number of ether oxygens (including phenoxy) is 2. The Bertz CT molecular complexity index is 912. The molecule has 1 aliphatic rings. The van der Waals surface area contributed by atoms with Crippen LogP contribution < -0.4 is 10.3 Å². The van der Waals surface area contributed by atoms with Gasteiger partial charge in [0.05, 0.1) is 30.0 Å². The number of hydrogen-bond donors (Lipinski definition) is 0. The minimum absolute atomic E-state index is 0.0919. The van der Waals surface area contributed by atoms with Gasteiger partial charge in [-0.3, -0.25) is 14.2 Å². The fraction of sp³-hybridized carbons (Fsp3) is 0.450. The summed E-state index contributed by atoms with van der Waals surface area (Å²) >= 11 is 2.85. The third-order valence-electron chi connectivity index (χ3n) is 4.38. The molecule has 3 rings (SSSR count). The smallest absolute Gasteiger partial charge is 0.319 e. The van der Waals surface area contributed by atoms with Gasteiger partial charge in [0.1, 0.15) is 11.0 Å². The van der Waals surface area contributed by atoms with Crippen molar-refractivity contribution in [1.29, 1.82) is 0 Å². The zero-order valence-corrected chi connectivity index (χ0v) is 18.1. The predicted molar refractivity (Wildman–Crippen MR) is 112 cm³/mol. The van der Waals surface area contributed by atoms with Crippen LogP contribution in [0.4, 0.5) is 0 Å². The third kappa shape index (κ3) is 4.22. The van der Waals surface area contributed by atoms with E-state index in [1.165, 1.54) is 11.8 Å². The number of aromatic nitrogens is 2. The van der Waals surface area contributed by atoms with Gasteiger partial charge in [-0.05, 0) is 37.6 Å². The molecule has 6 nitrogen and oxygen atoms in total. The highest BCUT2D eigenvalue weighted by Gasteiger charge is 2.29. The highest BCUT2D eigenvalue weighted by molar-refractivity contribution is 8.00. The van der Waals surface area contributed by atoms with Gasteiger partial charge in [-0.25, -0.2) is 4.98 Å². The summed E-state index contributed by atoms with van der Waals surface area (Å²) in [6, 6.07) is 7.27. The molecule has 2 aromatic rings. The Kier molecular flexibility index (Phi) is 6.72. The average molecular weight is 421 g/mol. The van der Waals surface area contributed by atoms with Crippen molar-refractivity contribution in [2.75, 3.05) is 13.7 Å². The number of methoxy groups -OCH3 is 1. The molecule has 0 bridgehead atoms. The third-order valence-corrected chi connectivity index (χ3v) is 6.89. The van der Waals surface area contributed by atoms with Gasteiger partial charge in [0.2, 0.25) is 0 Å². The number of benzene rings is 1. The summed E-state index contributed by atoms with van der Waals surface area (Å²) in [5.74, 6) is 0.426. The molecule has 8 heteroatoms. The lowest BCUT2D eigenvalue weighted by Gasteiger charge is -2.17. The molecule has 2 heterocycles. The van der Waals surface area contributed by atoms with Crippen LogP contribution in [0.1, 0.15) is 32.9 Å².